The van der Waals surface area contributed by atoms with Crippen LogP contribution in [0.4, 0.5) is 10.1 Å². The molecule has 16 heavy (non-hydrogen) atoms. The van der Waals surface area contributed by atoms with E-state index in [1.807, 2.05) is 0 Å². The predicted molar refractivity (Wildman–Crippen MR) is 65.0 cm³/mol. The van der Waals surface area contributed by atoms with E-state index in [0.717, 1.165) is 0 Å². The Kier molecular flexibility index (Phi) is 3.10. The third-order valence-corrected chi connectivity index (χ3v) is 2.63. The number of ether oxygens (including phenoxy) is 1. The Hall–Kier alpha value is -1.55. The molecule has 0 fully saturated rings. The molecule has 0 heterocycles. The number of nitrogens with two attached hydrogens (primary N) is 1. The summed E-state index contributed by atoms with van der Waals surface area (Å²) in [6.07, 6.45) is 0. The van der Waals surface area contributed by atoms with Crippen LogP contribution in [-0.2, 0) is 0 Å². The minimum atomic E-state index is -0.397. The monoisotopic (exact) mass is 281 g/mol. The molecule has 2 nitrogen and oxygen atoms in total. The zero-order valence-electron chi connectivity index (χ0n) is 8.28. The normalized spacial score (nSPS) is 10.1. The van der Waals surface area contributed by atoms with Gasteiger partial charge in [-0.15, -0.1) is 0 Å². The van der Waals surface area contributed by atoms with Gasteiger partial charge in [0.2, 0.25) is 0 Å². The molecule has 0 aromatic heterocycles. The first kappa shape index (κ1) is 11.0. The molecule has 0 spiro atoms. The van der Waals surface area contributed by atoms with Crippen LogP contribution in [0.2, 0.25) is 0 Å². The van der Waals surface area contributed by atoms with Crippen LogP contribution in [0.1, 0.15) is 0 Å². The Morgan fingerprint density at radius 3 is 2.50 bits per heavy atom. The van der Waals surface area contributed by atoms with Crippen molar-refractivity contribution in [1.82, 2.24) is 0 Å². The Morgan fingerprint density at radius 1 is 1.06 bits per heavy atom. The Morgan fingerprint density at radius 2 is 1.81 bits per heavy atom. The number of hydrogen-bond acceptors (Lipinski definition) is 2. The molecule has 0 saturated carbocycles. The number of halogens is 2. The molecule has 2 aromatic carbocycles. The van der Waals surface area contributed by atoms with Gasteiger partial charge in [-0.05, 0) is 46.3 Å². The van der Waals surface area contributed by atoms with Crippen molar-refractivity contribution < 1.29 is 9.13 Å². The summed E-state index contributed by atoms with van der Waals surface area (Å²) < 4.78 is 19.4. The highest BCUT2D eigenvalue weighted by Gasteiger charge is 2.06. The summed E-state index contributed by atoms with van der Waals surface area (Å²) in [5.41, 5.74) is 6.21. The number of anilines is 1. The summed E-state index contributed by atoms with van der Waals surface area (Å²) in [6.45, 7) is 0. The number of rotatable bonds is 2. The van der Waals surface area contributed by atoms with Crippen molar-refractivity contribution in [2.24, 2.45) is 0 Å². The van der Waals surface area contributed by atoms with E-state index in [2.05, 4.69) is 15.9 Å². The highest BCUT2D eigenvalue weighted by Crippen LogP contribution is 2.32. The van der Waals surface area contributed by atoms with Gasteiger partial charge in [-0.3, -0.25) is 0 Å². The molecular formula is C12H9BrFNO. The van der Waals surface area contributed by atoms with Crippen LogP contribution in [0.15, 0.2) is 46.9 Å². The minimum absolute atomic E-state index is 0.188. The van der Waals surface area contributed by atoms with Crippen LogP contribution in [0.3, 0.4) is 0 Å². The average Bonchev–Trinajstić information content (AvgIpc) is 2.25. The van der Waals surface area contributed by atoms with Crippen LogP contribution in [0.25, 0.3) is 0 Å². The van der Waals surface area contributed by atoms with Gasteiger partial charge >= 0.3 is 0 Å². The van der Waals surface area contributed by atoms with Gasteiger partial charge in [-0.1, -0.05) is 12.1 Å². The number of nitrogen functional groups attached to an aromatic ring is 1. The molecule has 2 rings (SSSR count). The largest absolute Gasteiger partial charge is 0.453 e. The van der Waals surface area contributed by atoms with Crippen molar-refractivity contribution in [2.75, 3.05) is 5.73 Å². The second-order valence-corrected chi connectivity index (χ2v) is 4.08. The fourth-order valence-electron chi connectivity index (χ4n) is 1.25. The number of hydrogen-bond donors (Lipinski definition) is 1. The van der Waals surface area contributed by atoms with E-state index in [4.69, 9.17) is 10.5 Å². The summed E-state index contributed by atoms with van der Waals surface area (Å²) in [7, 11) is 0. The van der Waals surface area contributed by atoms with Gasteiger partial charge in [-0.2, -0.15) is 0 Å². The van der Waals surface area contributed by atoms with E-state index in [9.17, 15) is 4.39 Å². The van der Waals surface area contributed by atoms with E-state index < -0.39 is 5.82 Å². The summed E-state index contributed by atoms with van der Waals surface area (Å²) in [5.74, 6) is 0.318. The van der Waals surface area contributed by atoms with Crippen molar-refractivity contribution >= 4 is 21.6 Å². The third-order valence-electron chi connectivity index (χ3n) is 2.01. The van der Waals surface area contributed by atoms with E-state index in [-0.39, 0.29) is 5.75 Å². The zero-order chi connectivity index (χ0) is 11.5. The SMILES string of the molecule is Nc1ccc(Oc2ccccc2F)c(Br)c1. The van der Waals surface area contributed by atoms with Gasteiger partial charge < -0.3 is 10.5 Å². The van der Waals surface area contributed by atoms with Crippen molar-refractivity contribution in [1.29, 1.82) is 0 Å². The molecule has 82 valence electrons. The van der Waals surface area contributed by atoms with E-state index in [1.54, 1.807) is 36.4 Å². The van der Waals surface area contributed by atoms with Gasteiger partial charge in [0.25, 0.3) is 0 Å². The smallest absolute Gasteiger partial charge is 0.165 e. The molecule has 0 aliphatic carbocycles. The van der Waals surface area contributed by atoms with E-state index in [1.165, 1.54) is 6.07 Å². The lowest BCUT2D eigenvalue weighted by Gasteiger charge is -2.08. The summed E-state index contributed by atoms with van der Waals surface area (Å²) in [6, 6.07) is 11.3. The first-order valence-electron chi connectivity index (χ1n) is 4.64. The molecule has 2 N–H and O–H groups in total. The van der Waals surface area contributed by atoms with Crippen LogP contribution in [0, 0.1) is 5.82 Å². The second-order valence-electron chi connectivity index (χ2n) is 3.22. The van der Waals surface area contributed by atoms with Crippen LogP contribution in [0.5, 0.6) is 11.5 Å². The lowest BCUT2D eigenvalue weighted by atomic mass is 10.3. The summed E-state index contributed by atoms with van der Waals surface area (Å²) in [4.78, 5) is 0. The Balaban J connectivity index is 2.31. The van der Waals surface area contributed by atoms with E-state index in [0.29, 0.717) is 15.9 Å². The van der Waals surface area contributed by atoms with Crippen molar-refractivity contribution in [3.05, 3.63) is 52.8 Å². The van der Waals surface area contributed by atoms with Crippen LogP contribution < -0.4 is 10.5 Å². The predicted octanol–water partition coefficient (Wildman–Crippen LogP) is 3.96. The molecule has 0 bridgehead atoms. The molecule has 0 aliphatic heterocycles. The summed E-state index contributed by atoms with van der Waals surface area (Å²) in [5, 5.41) is 0. The Labute approximate surface area is 101 Å². The molecule has 2 aromatic rings. The average molecular weight is 282 g/mol. The molecular weight excluding hydrogens is 273 g/mol. The maximum atomic E-state index is 13.3. The van der Waals surface area contributed by atoms with Crippen molar-refractivity contribution in [3.63, 3.8) is 0 Å². The quantitative estimate of drug-likeness (QED) is 0.846. The summed E-state index contributed by atoms with van der Waals surface area (Å²) >= 11 is 3.30. The number of para-hydroxylation sites is 1. The molecule has 0 amide bonds. The maximum absolute atomic E-state index is 13.3. The van der Waals surface area contributed by atoms with Crippen molar-refractivity contribution in [3.8, 4) is 11.5 Å². The van der Waals surface area contributed by atoms with Crippen molar-refractivity contribution in [2.45, 2.75) is 0 Å². The molecule has 0 unspecified atom stereocenters. The zero-order valence-corrected chi connectivity index (χ0v) is 9.87. The molecule has 0 radical (unpaired) electrons. The maximum Gasteiger partial charge on any atom is 0.165 e. The highest BCUT2D eigenvalue weighted by molar-refractivity contribution is 9.10. The second kappa shape index (κ2) is 4.53. The molecule has 0 aliphatic rings. The van der Waals surface area contributed by atoms with Crippen LogP contribution >= 0.6 is 15.9 Å². The minimum Gasteiger partial charge on any atom is -0.453 e. The van der Waals surface area contributed by atoms with Gasteiger partial charge in [-0.25, -0.2) is 4.39 Å². The van der Waals surface area contributed by atoms with E-state index >= 15 is 0 Å². The highest BCUT2D eigenvalue weighted by atomic mass is 79.9. The lowest BCUT2D eigenvalue weighted by Crippen LogP contribution is -1.90. The first-order chi connectivity index (χ1) is 7.66. The first-order valence-corrected chi connectivity index (χ1v) is 5.43. The van der Waals surface area contributed by atoms with Gasteiger partial charge in [0.05, 0.1) is 4.47 Å². The number of benzene rings is 2. The van der Waals surface area contributed by atoms with Gasteiger partial charge in [0, 0.05) is 5.69 Å². The fraction of sp³-hybridized carbons (Fsp3) is 0. The molecule has 4 heteroatoms. The molecule has 0 atom stereocenters. The molecule has 0 saturated heterocycles. The van der Waals surface area contributed by atoms with Gasteiger partial charge in [0.15, 0.2) is 11.6 Å². The van der Waals surface area contributed by atoms with Crippen LogP contribution in [-0.4, -0.2) is 0 Å². The fourth-order valence-corrected chi connectivity index (χ4v) is 1.72. The lowest BCUT2D eigenvalue weighted by molar-refractivity contribution is 0.440. The standard InChI is InChI=1S/C12H9BrFNO/c13-9-7-8(15)5-6-11(9)16-12-4-2-1-3-10(12)14/h1-7H,15H2. The third kappa shape index (κ3) is 2.33. The van der Waals surface area contributed by atoms with Gasteiger partial charge in [0.1, 0.15) is 5.75 Å². The topological polar surface area (TPSA) is 35.2 Å². The Bertz CT molecular complexity index is 516.